The van der Waals surface area contributed by atoms with E-state index in [1.807, 2.05) is 0 Å². The molecule has 170 valence electrons. The summed E-state index contributed by atoms with van der Waals surface area (Å²) in [6.07, 6.45) is -17.6. The second-order valence-electron chi connectivity index (χ2n) is 7.08. The van der Waals surface area contributed by atoms with Crippen LogP contribution in [-0.2, 0) is 23.7 Å². The second kappa shape index (κ2) is 10.4. The molecule has 13 nitrogen and oxygen atoms in total. The summed E-state index contributed by atoms with van der Waals surface area (Å²) in [5.74, 6) is -0.789. The Hall–Kier alpha value is -0.970. The fraction of sp³-hybridized carbons (Fsp3) is 0.938. The van der Waals surface area contributed by atoms with E-state index in [0.717, 1.165) is 0 Å². The minimum atomic E-state index is -1.80. The number of rotatable bonds is 7. The molecular formula is C16H28O13. The molecule has 2 heterocycles. The molecule has 8 N–H and O–H groups in total. The molecule has 0 aromatic carbocycles. The van der Waals surface area contributed by atoms with Crippen molar-refractivity contribution in [3.05, 3.63) is 0 Å². The summed E-state index contributed by atoms with van der Waals surface area (Å²) in [5.41, 5.74) is 0. The van der Waals surface area contributed by atoms with Gasteiger partial charge in [-0.05, 0) is 6.92 Å². The van der Waals surface area contributed by atoms with Gasteiger partial charge in [0.1, 0.15) is 55.4 Å². The second-order valence-corrected chi connectivity index (χ2v) is 7.08. The van der Waals surface area contributed by atoms with Gasteiger partial charge in [-0.15, -0.1) is 0 Å². The highest BCUT2D eigenvalue weighted by molar-refractivity contribution is 5.69. The van der Waals surface area contributed by atoms with E-state index in [4.69, 9.17) is 24.1 Å². The number of hydrogen-bond acceptors (Lipinski definition) is 13. The predicted octanol–water partition coefficient (Wildman–Crippen LogP) is -5.08. The van der Waals surface area contributed by atoms with Crippen LogP contribution in [-0.4, -0.2) is 128 Å². The van der Waals surface area contributed by atoms with E-state index >= 15 is 0 Å². The van der Waals surface area contributed by atoms with Gasteiger partial charge in [0.15, 0.2) is 12.6 Å². The number of ether oxygens (including phenoxy) is 4. The molecule has 0 spiro atoms. The third kappa shape index (κ3) is 5.80. The SMILES string of the molecule is CC(O)CC(=O)OC[C@H]1O[C@@H](O[C@H]2[C@H](O)[C@@H](O)[C@H](O)O[C@@H]2CO)[C@H](O)[C@@H](O)[C@@H]1O. The average molecular weight is 428 g/mol. The summed E-state index contributed by atoms with van der Waals surface area (Å²) in [6, 6.07) is 0. The third-order valence-corrected chi connectivity index (χ3v) is 4.67. The number of hydrogen-bond donors (Lipinski definition) is 8. The maximum atomic E-state index is 11.5. The van der Waals surface area contributed by atoms with Crippen LogP contribution in [0.15, 0.2) is 0 Å². The van der Waals surface area contributed by atoms with E-state index in [-0.39, 0.29) is 6.42 Å². The van der Waals surface area contributed by atoms with Gasteiger partial charge in [-0.25, -0.2) is 0 Å². The molecule has 0 amide bonds. The van der Waals surface area contributed by atoms with E-state index in [9.17, 15) is 40.5 Å². The molecule has 29 heavy (non-hydrogen) atoms. The Labute approximate surface area is 165 Å². The topological polar surface area (TPSA) is 216 Å². The summed E-state index contributed by atoms with van der Waals surface area (Å²) in [6.45, 7) is 0.114. The van der Waals surface area contributed by atoms with Crippen LogP contribution in [0.25, 0.3) is 0 Å². The Morgan fingerprint density at radius 3 is 2.17 bits per heavy atom. The Morgan fingerprint density at radius 2 is 1.59 bits per heavy atom. The first-order chi connectivity index (χ1) is 13.6. The van der Waals surface area contributed by atoms with Gasteiger partial charge in [0.25, 0.3) is 0 Å². The average Bonchev–Trinajstić information content (AvgIpc) is 2.66. The minimum absolute atomic E-state index is 0.308. The lowest BCUT2D eigenvalue weighted by molar-refractivity contribution is -0.355. The molecule has 0 aliphatic carbocycles. The first kappa shape index (κ1) is 24.3. The number of aliphatic hydroxyl groups is 8. The summed E-state index contributed by atoms with van der Waals surface area (Å²) >= 11 is 0. The fourth-order valence-electron chi connectivity index (χ4n) is 3.03. The van der Waals surface area contributed by atoms with Crippen LogP contribution < -0.4 is 0 Å². The van der Waals surface area contributed by atoms with E-state index in [1.54, 1.807) is 0 Å². The molecule has 2 rings (SSSR count). The van der Waals surface area contributed by atoms with Gasteiger partial charge < -0.3 is 59.8 Å². The first-order valence-electron chi connectivity index (χ1n) is 9.06. The lowest BCUT2D eigenvalue weighted by Crippen LogP contribution is -2.64. The quantitative estimate of drug-likeness (QED) is 0.178. The van der Waals surface area contributed by atoms with Crippen molar-refractivity contribution in [1.82, 2.24) is 0 Å². The standard InChI is InChI=1S/C16H28O13/c1-5(18)2-8(19)26-4-7-9(20)10(21)13(24)16(28-7)29-14-6(3-17)27-15(25)12(23)11(14)22/h5-7,9-18,20-25H,2-4H2,1H3/t5?,6-,7-,9-,10+,11-,12-,13-,14-,15-,16+/m1/s1. The zero-order valence-electron chi connectivity index (χ0n) is 15.6. The van der Waals surface area contributed by atoms with Gasteiger partial charge in [-0.1, -0.05) is 0 Å². The summed E-state index contributed by atoms with van der Waals surface area (Å²) < 4.78 is 20.5. The number of aliphatic hydroxyl groups excluding tert-OH is 8. The van der Waals surface area contributed by atoms with Crippen LogP contribution in [0.5, 0.6) is 0 Å². The maximum Gasteiger partial charge on any atom is 0.308 e. The van der Waals surface area contributed by atoms with Crippen molar-refractivity contribution < 1.29 is 64.6 Å². The summed E-state index contributed by atoms with van der Waals surface area (Å²) in [7, 11) is 0. The molecule has 11 atom stereocenters. The number of esters is 1. The zero-order valence-corrected chi connectivity index (χ0v) is 15.6. The van der Waals surface area contributed by atoms with Crippen molar-refractivity contribution in [2.75, 3.05) is 13.2 Å². The van der Waals surface area contributed by atoms with Gasteiger partial charge >= 0.3 is 5.97 Å². The molecule has 0 radical (unpaired) electrons. The van der Waals surface area contributed by atoms with E-state index in [1.165, 1.54) is 6.92 Å². The molecule has 0 bridgehead atoms. The zero-order chi connectivity index (χ0) is 21.9. The highest BCUT2D eigenvalue weighted by Crippen LogP contribution is 2.28. The van der Waals surface area contributed by atoms with Gasteiger partial charge in [0.2, 0.25) is 0 Å². The molecule has 2 aliphatic rings. The maximum absolute atomic E-state index is 11.5. The largest absolute Gasteiger partial charge is 0.463 e. The molecule has 2 saturated heterocycles. The lowest BCUT2D eigenvalue weighted by atomic mass is 9.97. The van der Waals surface area contributed by atoms with Gasteiger partial charge in [0, 0.05) is 0 Å². The van der Waals surface area contributed by atoms with Crippen molar-refractivity contribution in [2.24, 2.45) is 0 Å². The number of carbonyl (C=O) groups is 1. The van der Waals surface area contributed by atoms with Crippen LogP contribution in [0.1, 0.15) is 13.3 Å². The monoisotopic (exact) mass is 428 g/mol. The van der Waals surface area contributed by atoms with Crippen molar-refractivity contribution in [3.8, 4) is 0 Å². The Kier molecular flexibility index (Phi) is 8.69. The van der Waals surface area contributed by atoms with Gasteiger partial charge in [-0.3, -0.25) is 4.79 Å². The summed E-state index contributed by atoms with van der Waals surface area (Å²) in [4.78, 5) is 11.5. The lowest BCUT2D eigenvalue weighted by Gasteiger charge is -2.45. The van der Waals surface area contributed by atoms with Crippen LogP contribution in [0, 0.1) is 0 Å². The predicted molar refractivity (Wildman–Crippen MR) is 88.8 cm³/mol. The summed E-state index contributed by atoms with van der Waals surface area (Å²) in [5, 5.41) is 78.1. The molecular weight excluding hydrogens is 400 g/mol. The van der Waals surface area contributed by atoms with Crippen molar-refractivity contribution in [2.45, 2.75) is 80.9 Å². The number of carbonyl (C=O) groups excluding carboxylic acids is 1. The minimum Gasteiger partial charge on any atom is -0.463 e. The smallest absolute Gasteiger partial charge is 0.308 e. The Morgan fingerprint density at radius 1 is 0.931 bits per heavy atom. The normalized spacial score (nSPS) is 44.3. The van der Waals surface area contributed by atoms with Crippen molar-refractivity contribution >= 4 is 5.97 Å². The molecule has 2 aliphatic heterocycles. The Bertz CT molecular complexity index is 529. The molecule has 0 saturated carbocycles. The Balaban J connectivity index is 2.05. The van der Waals surface area contributed by atoms with E-state index in [0.29, 0.717) is 0 Å². The van der Waals surface area contributed by atoms with Crippen molar-refractivity contribution in [3.63, 3.8) is 0 Å². The highest BCUT2D eigenvalue weighted by atomic mass is 16.7. The van der Waals surface area contributed by atoms with Gasteiger partial charge in [0.05, 0.1) is 19.1 Å². The van der Waals surface area contributed by atoms with E-state index < -0.39 is 86.7 Å². The molecule has 0 aromatic heterocycles. The molecule has 1 unspecified atom stereocenters. The van der Waals surface area contributed by atoms with Crippen LogP contribution >= 0.6 is 0 Å². The third-order valence-electron chi connectivity index (χ3n) is 4.67. The molecule has 13 heteroatoms. The van der Waals surface area contributed by atoms with Gasteiger partial charge in [-0.2, -0.15) is 0 Å². The van der Waals surface area contributed by atoms with Crippen molar-refractivity contribution in [1.29, 1.82) is 0 Å². The van der Waals surface area contributed by atoms with Crippen LogP contribution in [0.4, 0.5) is 0 Å². The molecule has 0 aromatic rings. The highest BCUT2D eigenvalue weighted by Gasteiger charge is 2.50. The van der Waals surface area contributed by atoms with Crippen LogP contribution in [0.3, 0.4) is 0 Å². The molecule has 2 fully saturated rings. The van der Waals surface area contributed by atoms with E-state index in [2.05, 4.69) is 0 Å². The van der Waals surface area contributed by atoms with Crippen LogP contribution in [0.2, 0.25) is 0 Å². The fourth-order valence-corrected chi connectivity index (χ4v) is 3.03. The first-order valence-corrected chi connectivity index (χ1v) is 9.06.